The normalized spacial score (nSPS) is 10.4. The molecule has 0 bridgehead atoms. The van der Waals surface area contributed by atoms with Crippen molar-refractivity contribution in [3.8, 4) is 11.5 Å². The third-order valence-corrected chi connectivity index (χ3v) is 3.41. The highest BCUT2D eigenvalue weighted by Crippen LogP contribution is 2.31. The smallest absolute Gasteiger partial charge is 0.238 e. The van der Waals surface area contributed by atoms with Crippen LogP contribution in [0.3, 0.4) is 0 Å². The molecule has 0 saturated carbocycles. The molecule has 0 aliphatic carbocycles. The Morgan fingerprint density at radius 2 is 1.95 bits per heavy atom. The minimum atomic E-state index is -0.603. The lowest BCUT2D eigenvalue weighted by Crippen LogP contribution is -2.25. The summed E-state index contributed by atoms with van der Waals surface area (Å²) in [6.07, 6.45) is 0. The number of amides is 1. The van der Waals surface area contributed by atoms with E-state index in [1.165, 1.54) is 18.2 Å². The van der Waals surface area contributed by atoms with Gasteiger partial charge in [0.05, 0.1) is 16.6 Å². The number of ether oxygens (including phenoxy) is 1. The van der Waals surface area contributed by atoms with Crippen LogP contribution in [0.5, 0.6) is 11.5 Å². The van der Waals surface area contributed by atoms with E-state index in [4.69, 9.17) is 27.9 Å². The first-order valence-electron chi connectivity index (χ1n) is 6.36. The first kappa shape index (κ1) is 16.5. The monoisotopic (exact) mass is 342 g/mol. The number of likely N-dealkylation sites (N-methyl/N-ethyl adjacent to an activating group) is 1. The summed E-state index contributed by atoms with van der Waals surface area (Å²) >= 11 is 11.7. The molecule has 0 spiro atoms. The van der Waals surface area contributed by atoms with Crippen molar-refractivity contribution in [3.63, 3.8) is 0 Å². The zero-order chi connectivity index (χ0) is 16.1. The summed E-state index contributed by atoms with van der Waals surface area (Å²) in [5.74, 6) is -0.487. The van der Waals surface area contributed by atoms with Crippen LogP contribution in [0.1, 0.15) is 0 Å². The zero-order valence-electron chi connectivity index (χ0n) is 11.6. The maximum atomic E-state index is 14.0. The van der Waals surface area contributed by atoms with Gasteiger partial charge in [-0.15, -0.1) is 0 Å². The molecule has 0 fully saturated rings. The van der Waals surface area contributed by atoms with Gasteiger partial charge in [0.1, 0.15) is 5.75 Å². The molecule has 0 radical (unpaired) electrons. The second kappa shape index (κ2) is 7.45. The third kappa shape index (κ3) is 4.34. The molecule has 4 nitrogen and oxygen atoms in total. The fourth-order valence-electron chi connectivity index (χ4n) is 1.69. The first-order valence-corrected chi connectivity index (χ1v) is 7.12. The molecule has 0 aliphatic heterocycles. The number of carbonyl (C=O) groups is 1. The largest absolute Gasteiger partial charge is 0.454 e. The summed E-state index contributed by atoms with van der Waals surface area (Å²) in [4.78, 5) is 11.4. The van der Waals surface area contributed by atoms with Gasteiger partial charge in [0, 0.05) is 17.8 Å². The predicted molar refractivity (Wildman–Crippen MR) is 85.5 cm³/mol. The van der Waals surface area contributed by atoms with Gasteiger partial charge < -0.3 is 15.4 Å². The van der Waals surface area contributed by atoms with E-state index in [1.54, 1.807) is 25.2 Å². The average molecular weight is 343 g/mol. The molecule has 2 aromatic rings. The van der Waals surface area contributed by atoms with Gasteiger partial charge in [0.25, 0.3) is 0 Å². The summed E-state index contributed by atoms with van der Waals surface area (Å²) in [6.45, 7) is 0.142. The van der Waals surface area contributed by atoms with Crippen LogP contribution >= 0.6 is 23.2 Å². The van der Waals surface area contributed by atoms with Crippen molar-refractivity contribution in [2.75, 3.05) is 18.9 Å². The lowest BCUT2D eigenvalue weighted by molar-refractivity contribution is -0.115. The van der Waals surface area contributed by atoms with E-state index in [0.717, 1.165) is 0 Å². The molecule has 2 N–H and O–H groups in total. The number of benzene rings is 2. The van der Waals surface area contributed by atoms with Crippen LogP contribution in [0.15, 0.2) is 36.4 Å². The Bertz CT molecular complexity index is 695. The van der Waals surface area contributed by atoms with Crippen LogP contribution < -0.4 is 15.4 Å². The van der Waals surface area contributed by atoms with E-state index in [2.05, 4.69) is 10.6 Å². The molecule has 116 valence electrons. The third-order valence-electron chi connectivity index (χ3n) is 2.67. The maximum Gasteiger partial charge on any atom is 0.238 e. The summed E-state index contributed by atoms with van der Waals surface area (Å²) in [6, 6.07) is 8.78. The lowest BCUT2D eigenvalue weighted by atomic mass is 10.2. The summed E-state index contributed by atoms with van der Waals surface area (Å²) in [5.41, 5.74) is 0.347. The Kier molecular flexibility index (Phi) is 5.60. The van der Waals surface area contributed by atoms with Gasteiger partial charge >= 0.3 is 0 Å². The molecule has 0 heterocycles. The van der Waals surface area contributed by atoms with Crippen molar-refractivity contribution in [1.82, 2.24) is 5.32 Å². The van der Waals surface area contributed by atoms with Gasteiger partial charge in [-0.25, -0.2) is 4.39 Å². The number of hydrogen-bond acceptors (Lipinski definition) is 3. The van der Waals surface area contributed by atoms with Crippen LogP contribution in [0, 0.1) is 5.82 Å². The highest BCUT2D eigenvalue weighted by atomic mass is 35.5. The van der Waals surface area contributed by atoms with Gasteiger partial charge in [0.2, 0.25) is 5.91 Å². The predicted octanol–water partition coefficient (Wildman–Crippen LogP) is 4.08. The van der Waals surface area contributed by atoms with Gasteiger partial charge in [-0.2, -0.15) is 0 Å². The van der Waals surface area contributed by atoms with Crippen LogP contribution in [-0.4, -0.2) is 19.5 Å². The molecule has 0 aliphatic rings. The molecule has 0 saturated heterocycles. The number of anilines is 1. The van der Waals surface area contributed by atoms with Crippen molar-refractivity contribution in [2.24, 2.45) is 0 Å². The summed E-state index contributed by atoms with van der Waals surface area (Å²) in [7, 11) is 1.65. The van der Waals surface area contributed by atoms with Crippen LogP contribution in [-0.2, 0) is 4.79 Å². The topological polar surface area (TPSA) is 50.4 Å². The fourth-order valence-corrected chi connectivity index (χ4v) is 1.98. The minimum Gasteiger partial charge on any atom is -0.454 e. The minimum absolute atomic E-state index is 0.0185. The molecular weight excluding hydrogens is 330 g/mol. The van der Waals surface area contributed by atoms with Crippen LogP contribution in [0.25, 0.3) is 0 Å². The van der Waals surface area contributed by atoms with Crippen molar-refractivity contribution in [1.29, 1.82) is 0 Å². The number of nitrogens with one attached hydrogen (secondary N) is 2. The van der Waals surface area contributed by atoms with Gasteiger partial charge in [-0.05, 0) is 31.3 Å². The molecule has 0 unspecified atom stereocenters. The molecule has 22 heavy (non-hydrogen) atoms. The average Bonchev–Trinajstić information content (AvgIpc) is 2.46. The summed E-state index contributed by atoms with van der Waals surface area (Å²) in [5, 5.41) is 5.96. The Labute approximate surface area is 137 Å². The zero-order valence-corrected chi connectivity index (χ0v) is 13.1. The standard InChI is InChI=1S/C15H13Cl2FN2O2/c1-19-8-15(21)20-9-2-5-14(13(18)6-9)22-10-3-4-11(16)12(17)7-10/h2-7,19H,8H2,1H3,(H,20,21). The SMILES string of the molecule is CNCC(=O)Nc1ccc(Oc2ccc(Cl)c(Cl)c2)c(F)c1. The van der Waals surface area contributed by atoms with Crippen LogP contribution in [0.2, 0.25) is 10.0 Å². The molecule has 2 aromatic carbocycles. The maximum absolute atomic E-state index is 14.0. The van der Waals surface area contributed by atoms with E-state index in [9.17, 15) is 9.18 Å². The number of halogens is 3. The van der Waals surface area contributed by atoms with Gasteiger partial charge in [0.15, 0.2) is 11.6 Å². The van der Waals surface area contributed by atoms with Crippen LogP contribution in [0.4, 0.5) is 10.1 Å². The van der Waals surface area contributed by atoms with E-state index >= 15 is 0 Å². The highest BCUT2D eigenvalue weighted by molar-refractivity contribution is 6.42. The Balaban J connectivity index is 2.12. The summed E-state index contributed by atoms with van der Waals surface area (Å²) < 4.78 is 19.4. The number of hydrogen-bond donors (Lipinski definition) is 2. The molecule has 0 aromatic heterocycles. The van der Waals surface area contributed by atoms with E-state index < -0.39 is 5.82 Å². The molecule has 7 heteroatoms. The Morgan fingerprint density at radius 1 is 1.18 bits per heavy atom. The second-order valence-electron chi connectivity index (χ2n) is 4.40. The molecule has 2 rings (SSSR count). The molecule has 1 amide bonds. The first-order chi connectivity index (χ1) is 10.5. The van der Waals surface area contributed by atoms with E-state index in [-0.39, 0.29) is 18.2 Å². The second-order valence-corrected chi connectivity index (χ2v) is 5.22. The Morgan fingerprint density at radius 3 is 2.59 bits per heavy atom. The van der Waals surface area contributed by atoms with Crippen molar-refractivity contribution < 1.29 is 13.9 Å². The molecular formula is C15H13Cl2FN2O2. The van der Waals surface area contributed by atoms with Gasteiger partial charge in [-0.3, -0.25) is 4.79 Å². The Hall–Kier alpha value is -1.82. The van der Waals surface area contributed by atoms with Crippen molar-refractivity contribution in [3.05, 3.63) is 52.3 Å². The number of rotatable bonds is 5. The van der Waals surface area contributed by atoms with Crippen molar-refractivity contribution >= 4 is 34.8 Å². The fraction of sp³-hybridized carbons (Fsp3) is 0.133. The number of carbonyl (C=O) groups excluding carboxylic acids is 1. The molecule has 0 atom stereocenters. The van der Waals surface area contributed by atoms with Crippen molar-refractivity contribution in [2.45, 2.75) is 0 Å². The van der Waals surface area contributed by atoms with E-state index in [1.807, 2.05) is 0 Å². The lowest BCUT2D eigenvalue weighted by Gasteiger charge is -2.10. The quantitative estimate of drug-likeness (QED) is 0.860. The highest BCUT2D eigenvalue weighted by Gasteiger charge is 2.09. The van der Waals surface area contributed by atoms with Gasteiger partial charge in [-0.1, -0.05) is 23.2 Å². The van der Waals surface area contributed by atoms with E-state index in [0.29, 0.717) is 21.5 Å².